The van der Waals surface area contributed by atoms with E-state index in [4.69, 9.17) is 10.5 Å². The Kier molecular flexibility index (Phi) is 12.3. The van der Waals surface area contributed by atoms with Crippen LogP contribution < -0.4 is 15.4 Å². The molecule has 266 valence electrons. The smallest absolute Gasteiger partial charge is 0.502 e. The minimum absolute atomic E-state index is 0.0654. The first-order valence-corrected chi connectivity index (χ1v) is 16.5. The van der Waals surface area contributed by atoms with Gasteiger partial charge in [0.05, 0.1) is 24.7 Å². The Bertz CT molecular complexity index is 1730. The van der Waals surface area contributed by atoms with Crippen LogP contribution in [0.25, 0.3) is 11.4 Å². The Hall–Kier alpha value is -3.98. The first-order valence-electron chi connectivity index (χ1n) is 15.0. The van der Waals surface area contributed by atoms with E-state index in [1.54, 1.807) is 33.8 Å². The maximum atomic E-state index is 13.5. The largest absolute Gasteiger partial charge is 0.677 e. The molecule has 0 spiro atoms. The molecule has 0 atom stereocenters. The van der Waals surface area contributed by atoms with Gasteiger partial charge >= 0.3 is 5.51 Å². The van der Waals surface area contributed by atoms with Crippen LogP contribution in [0, 0.1) is 17.8 Å². The zero-order valence-corrected chi connectivity index (χ0v) is 30.1. The van der Waals surface area contributed by atoms with E-state index in [9.17, 15) is 31.2 Å². The van der Waals surface area contributed by atoms with Crippen LogP contribution in [0.2, 0.25) is 0 Å². The average Bonchev–Trinajstić information content (AvgIpc) is 3.44. The summed E-state index contributed by atoms with van der Waals surface area (Å²) in [5.74, 6) is -1.82. The van der Waals surface area contributed by atoms with E-state index in [0.29, 0.717) is 24.3 Å². The molecular weight excluding hydrogens is 649 g/mol. The van der Waals surface area contributed by atoms with Gasteiger partial charge in [0.15, 0.2) is 11.4 Å². The van der Waals surface area contributed by atoms with Crippen molar-refractivity contribution < 1.29 is 35.9 Å². The number of nitrogens with one attached hydrogen (secondary N) is 3. The molecule has 0 bridgehead atoms. The fourth-order valence-corrected chi connectivity index (χ4v) is 4.75. The first-order chi connectivity index (χ1) is 21.7. The van der Waals surface area contributed by atoms with Crippen molar-refractivity contribution in [2.45, 2.75) is 85.1 Å². The molecule has 2 aromatic carbocycles. The van der Waals surface area contributed by atoms with Crippen molar-refractivity contribution in [3.05, 3.63) is 64.6 Å². The van der Waals surface area contributed by atoms with Crippen molar-refractivity contribution in [2.24, 2.45) is 10.8 Å². The summed E-state index contributed by atoms with van der Waals surface area (Å²) in [4.78, 5) is 24.7. The number of rotatable bonds is 7. The Morgan fingerprint density at radius 1 is 0.938 bits per heavy atom. The zero-order valence-electron chi connectivity index (χ0n) is 29.3. The number of hydrogen-bond acceptors (Lipinski definition) is 7. The molecule has 1 aromatic heterocycles. The molecule has 15 heteroatoms. The summed E-state index contributed by atoms with van der Waals surface area (Å²) >= 11 is 0. The van der Waals surface area contributed by atoms with E-state index in [0.717, 1.165) is 13.2 Å². The van der Waals surface area contributed by atoms with Gasteiger partial charge in [-0.15, -0.1) is 11.6 Å². The van der Waals surface area contributed by atoms with Gasteiger partial charge in [-0.3, -0.25) is 9.59 Å². The molecule has 3 N–H and O–H groups in total. The third-order valence-electron chi connectivity index (χ3n) is 6.72. The van der Waals surface area contributed by atoms with Crippen LogP contribution in [-0.4, -0.2) is 60.9 Å². The standard InChI is InChI=1S/C28H34F3N5O5S.C5H12N/c1-16-9-10-17(11-21(16)36-14-20(34-35-36)25(38)32-15-26(2,3)4)24(37)33-19-12-18(27(5,6)7)13-22(23(19)41-8)42(39,40)28(29,30)31;1-5(2,3)4-6/h9-14H,15H2,1-8H3,(H,32,38)(H,33,37);6H,4H2,1-3H3/q;-1. The minimum Gasteiger partial charge on any atom is -0.677 e. The van der Waals surface area contributed by atoms with E-state index in [1.165, 1.54) is 29.1 Å². The number of aromatic nitrogens is 3. The third-order valence-corrected chi connectivity index (χ3v) is 8.21. The number of amides is 2. The van der Waals surface area contributed by atoms with Crippen molar-refractivity contribution in [3.8, 4) is 11.4 Å². The first kappa shape index (κ1) is 40.2. The van der Waals surface area contributed by atoms with E-state index in [2.05, 4.69) is 41.7 Å². The molecule has 3 rings (SSSR count). The number of sulfone groups is 1. The molecule has 0 saturated heterocycles. The average molecular weight is 696 g/mol. The lowest BCUT2D eigenvalue weighted by molar-refractivity contribution is -0.0437. The predicted molar refractivity (Wildman–Crippen MR) is 179 cm³/mol. The number of aryl methyl sites for hydroxylation is 1. The van der Waals surface area contributed by atoms with Crippen molar-refractivity contribution in [1.29, 1.82) is 0 Å². The monoisotopic (exact) mass is 695 g/mol. The number of benzene rings is 2. The van der Waals surface area contributed by atoms with E-state index >= 15 is 0 Å². The highest BCUT2D eigenvalue weighted by Gasteiger charge is 2.49. The van der Waals surface area contributed by atoms with Crippen LogP contribution in [-0.2, 0) is 15.3 Å². The second-order valence-corrected chi connectivity index (χ2v) is 16.6. The van der Waals surface area contributed by atoms with Gasteiger partial charge in [-0.05, 0) is 53.1 Å². The lowest BCUT2D eigenvalue weighted by atomic mass is 9.86. The van der Waals surface area contributed by atoms with Gasteiger partial charge in [0.25, 0.3) is 21.7 Å². The van der Waals surface area contributed by atoms with Crippen molar-refractivity contribution >= 4 is 27.3 Å². The number of carbonyl (C=O) groups is 2. The fraction of sp³-hybridized carbons (Fsp3) is 0.515. The van der Waals surface area contributed by atoms with Gasteiger partial charge in [-0.25, -0.2) is 13.1 Å². The van der Waals surface area contributed by atoms with E-state index < -0.39 is 43.2 Å². The molecule has 0 radical (unpaired) electrons. The number of anilines is 1. The number of halogens is 3. The Labute approximate surface area is 280 Å². The Morgan fingerprint density at radius 2 is 1.52 bits per heavy atom. The summed E-state index contributed by atoms with van der Waals surface area (Å²) in [5, 5.41) is 13.2. The molecule has 0 unspecified atom stereocenters. The van der Waals surface area contributed by atoms with E-state index in [1.807, 2.05) is 20.8 Å². The summed E-state index contributed by atoms with van der Waals surface area (Å²) in [6.45, 7) is 19.8. The molecule has 0 aliphatic carbocycles. The third kappa shape index (κ3) is 10.5. The van der Waals surface area contributed by atoms with Gasteiger partial charge in [0.2, 0.25) is 0 Å². The number of nitrogens with zero attached hydrogens (tertiary/aromatic N) is 3. The second-order valence-electron chi connectivity index (χ2n) is 14.7. The number of alkyl halides is 3. The van der Waals surface area contributed by atoms with Crippen LogP contribution in [0.4, 0.5) is 18.9 Å². The quantitative estimate of drug-likeness (QED) is 0.263. The molecule has 0 saturated carbocycles. The lowest BCUT2D eigenvalue weighted by Crippen LogP contribution is -2.32. The molecule has 0 fully saturated rings. The molecule has 1 heterocycles. The SMILES string of the molecule is CC(C)(C)C[NH-].COc1c(NC(=O)c2ccc(C)c(-n3cc(C(=O)NCC(C)(C)C)nn3)c2)cc(C(C)(C)C)cc1S(=O)(=O)C(F)(F)F. The molecule has 2 amide bonds. The lowest BCUT2D eigenvalue weighted by Gasteiger charge is -2.24. The van der Waals surface area contributed by atoms with Gasteiger partial charge < -0.3 is 21.1 Å². The van der Waals surface area contributed by atoms with E-state index in [-0.39, 0.29) is 33.3 Å². The predicted octanol–water partition coefficient (Wildman–Crippen LogP) is 7.29. The molecule has 11 nitrogen and oxygen atoms in total. The molecule has 48 heavy (non-hydrogen) atoms. The molecule has 0 aliphatic heterocycles. The topological polar surface area (TPSA) is 156 Å². The summed E-state index contributed by atoms with van der Waals surface area (Å²) in [5.41, 5.74) is 1.77. The number of methoxy groups -OCH3 is 1. The molecule has 0 aliphatic rings. The van der Waals surface area contributed by atoms with Crippen LogP contribution in [0.15, 0.2) is 41.4 Å². The van der Waals surface area contributed by atoms with Crippen molar-refractivity contribution in [3.63, 3.8) is 0 Å². The van der Waals surface area contributed by atoms with Crippen LogP contribution in [0.5, 0.6) is 5.75 Å². The summed E-state index contributed by atoms with van der Waals surface area (Å²) in [6.07, 6.45) is 1.41. The van der Waals surface area contributed by atoms with Crippen molar-refractivity contribution in [1.82, 2.24) is 20.3 Å². The van der Waals surface area contributed by atoms with Gasteiger partial charge in [-0.1, -0.05) is 79.0 Å². The normalized spacial score (nSPS) is 12.6. The van der Waals surface area contributed by atoms with Crippen LogP contribution >= 0.6 is 0 Å². The number of hydrogen-bond donors (Lipinski definition) is 2. The Balaban J connectivity index is 0.00000122. The highest BCUT2D eigenvalue weighted by Crippen LogP contribution is 2.42. The summed E-state index contributed by atoms with van der Waals surface area (Å²) < 4.78 is 71.9. The Morgan fingerprint density at radius 3 is 2.00 bits per heavy atom. The van der Waals surface area contributed by atoms with Gasteiger partial charge in [0.1, 0.15) is 4.90 Å². The number of ether oxygens (including phenoxy) is 1. The highest BCUT2D eigenvalue weighted by molar-refractivity contribution is 7.92. The van der Waals surface area contributed by atoms with Crippen LogP contribution in [0.3, 0.4) is 0 Å². The maximum Gasteiger partial charge on any atom is 0.502 e. The molecule has 3 aromatic rings. The van der Waals surface area contributed by atoms with Crippen molar-refractivity contribution in [2.75, 3.05) is 25.5 Å². The zero-order chi connectivity index (χ0) is 37.0. The number of carbonyl (C=O) groups excluding carboxylic acids is 2. The highest BCUT2D eigenvalue weighted by atomic mass is 32.2. The summed E-state index contributed by atoms with van der Waals surface area (Å²) in [7, 11) is -4.80. The maximum absolute atomic E-state index is 13.5. The van der Waals surface area contributed by atoms with Crippen LogP contribution in [0.1, 0.15) is 94.3 Å². The van der Waals surface area contributed by atoms with Gasteiger partial charge in [0, 0.05) is 12.1 Å². The van der Waals surface area contributed by atoms with Gasteiger partial charge in [-0.2, -0.15) is 13.2 Å². The summed E-state index contributed by atoms with van der Waals surface area (Å²) in [6, 6.07) is 6.84. The minimum atomic E-state index is -5.82. The molecular formula is C33H46F3N6O5S-. The fourth-order valence-electron chi connectivity index (χ4n) is 3.78. The second kappa shape index (κ2) is 14.6.